The summed E-state index contributed by atoms with van der Waals surface area (Å²) in [6, 6.07) is 9.17. The van der Waals surface area contributed by atoms with Crippen molar-refractivity contribution in [2.24, 2.45) is 5.92 Å². The molecule has 25 heavy (non-hydrogen) atoms. The van der Waals surface area contributed by atoms with Gasteiger partial charge < -0.3 is 9.80 Å². The average Bonchev–Trinajstić information content (AvgIpc) is 2.52. The van der Waals surface area contributed by atoms with Gasteiger partial charge in [0, 0.05) is 25.6 Å². The number of hydrogen-bond acceptors (Lipinski definition) is 5. The molecule has 0 unspecified atom stereocenters. The zero-order valence-corrected chi connectivity index (χ0v) is 17.4. The Balaban J connectivity index is 2.64. The van der Waals surface area contributed by atoms with Gasteiger partial charge in [0.1, 0.15) is 16.6 Å². The molecule has 5 nitrogen and oxygen atoms in total. The summed E-state index contributed by atoms with van der Waals surface area (Å²) >= 11 is 10.5. The van der Waals surface area contributed by atoms with Crippen molar-refractivity contribution in [1.29, 1.82) is 0 Å². The van der Waals surface area contributed by atoms with Gasteiger partial charge in [-0.2, -0.15) is 0 Å². The van der Waals surface area contributed by atoms with Gasteiger partial charge in [-0.1, -0.05) is 68.6 Å². The lowest BCUT2D eigenvalue weighted by Crippen LogP contribution is -2.38. The number of carbonyl (C=O) groups excluding carboxylic acids is 1. The van der Waals surface area contributed by atoms with Crippen molar-refractivity contribution in [3.05, 3.63) is 35.9 Å². The highest BCUT2D eigenvalue weighted by Crippen LogP contribution is 2.07. The van der Waals surface area contributed by atoms with Crippen LogP contribution in [0.1, 0.15) is 19.4 Å². The number of Topliss-reactive ketones (excluding diaryl/α,β-unsaturated/α-hetero) is 1. The zero-order valence-electron chi connectivity index (χ0n) is 14.9. The first-order valence-corrected chi connectivity index (χ1v) is 10.4. The molecule has 0 fully saturated rings. The molecule has 0 aliphatic heterocycles. The van der Waals surface area contributed by atoms with Crippen LogP contribution in [0.3, 0.4) is 0 Å². The van der Waals surface area contributed by atoms with Gasteiger partial charge in [-0.3, -0.25) is 4.79 Å². The van der Waals surface area contributed by atoms with Crippen LogP contribution >= 0.6 is 24.4 Å². The number of thiocarbonyl (C=S) groups is 2. The summed E-state index contributed by atoms with van der Waals surface area (Å²) in [5, 5.41) is 0. The van der Waals surface area contributed by atoms with Crippen molar-refractivity contribution >= 4 is 50.0 Å². The highest BCUT2D eigenvalue weighted by atomic mass is 32.2. The van der Waals surface area contributed by atoms with E-state index in [1.54, 1.807) is 19.0 Å². The Morgan fingerprint density at radius 2 is 1.64 bits per heavy atom. The number of rotatable bonds is 8. The number of hydrogen-bond donors (Lipinski definition) is 0. The maximum Gasteiger partial charge on any atom is 0.175 e. The minimum Gasteiger partial charge on any atom is -0.362 e. The van der Waals surface area contributed by atoms with Gasteiger partial charge in [0.05, 0.1) is 11.5 Å². The quantitative estimate of drug-likeness (QED) is 0.620. The van der Waals surface area contributed by atoms with Gasteiger partial charge >= 0.3 is 0 Å². The Kier molecular flexibility index (Phi) is 8.11. The van der Waals surface area contributed by atoms with Crippen LogP contribution in [-0.2, 0) is 14.6 Å². The number of ketones is 1. The van der Waals surface area contributed by atoms with Crippen molar-refractivity contribution in [3.63, 3.8) is 0 Å². The van der Waals surface area contributed by atoms with E-state index in [0.29, 0.717) is 9.98 Å². The molecule has 1 rings (SSSR count). The first-order chi connectivity index (χ1) is 11.5. The fourth-order valence-electron chi connectivity index (χ4n) is 2.27. The number of sulfone groups is 1. The summed E-state index contributed by atoms with van der Waals surface area (Å²) in [6.45, 7) is 3.85. The summed E-state index contributed by atoms with van der Waals surface area (Å²) in [5.41, 5.74) is 0.767. The van der Waals surface area contributed by atoms with Crippen molar-refractivity contribution in [2.75, 3.05) is 32.3 Å². The van der Waals surface area contributed by atoms with E-state index in [1.165, 1.54) is 4.90 Å². The van der Waals surface area contributed by atoms with Crippen molar-refractivity contribution in [1.82, 2.24) is 9.80 Å². The largest absolute Gasteiger partial charge is 0.362 e. The molecule has 1 aromatic carbocycles. The second-order valence-corrected chi connectivity index (χ2v) is 9.11. The second-order valence-electron chi connectivity index (χ2n) is 6.27. The molecule has 0 heterocycles. The third kappa shape index (κ3) is 7.17. The maximum absolute atomic E-state index is 12.3. The standard InChI is InChI=1S/C17H24N2O3S3/c1-13(2)16(23)18(3)10-15(20)11-25(21,22)12-19(4)17(24)14-8-6-5-7-9-14/h5-9,13H,10-12H2,1-4H3. The summed E-state index contributed by atoms with van der Waals surface area (Å²) < 4.78 is 24.6. The predicted octanol–water partition coefficient (Wildman–Crippen LogP) is 2.15. The fraction of sp³-hybridized carbons (Fsp3) is 0.471. The molecular formula is C17H24N2O3S3. The van der Waals surface area contributed by atoms with Gasteiger partial charge in [0.2, 0.25) is 0 Å². The Morgan fingerprint density at radius 1 is 1.08 bits per heavy atom. The minimum atomic E-state index is -3.61. The number of likely N-dealkylation sites (N-methyl/N-ethyl adjacent to an activating group) is 1. The average molecular weight is 401 g/mol. The molecule has 0 saturated carbocycles. The Morgan fingerprint density at radius 3 is 2.16 bits per heavy atom. The Bertz CT molecular complexity index is 731. The first kappa shape index (κ1) is 21.7. The van der Waals surface area contributed by atoms with Crippen molar-refractivity contribution in [3.8, 4) is 0 Å². The summed E-state index contributed by atoms with van der Waals surface area (Å²) in [4.78, 5) is 16.2. The van der Waals surface area contributed by atoms with E-state index in [-0.39, 0.29) is 24.1 Å². The van der Waals surface area contributed by atoms with E-state index in [0.717, 1.165) is 5.56 Å². The third-order valence-electron chi connectivity index (χ3n) is 3.42. The minimum absolute atomic E-state index is 0.0108. The molecule has 0 N–H and O–H groups in total. The van der Waals surface area contributed by atoms with Crippen LogP contribution in [0, 0.1) is 5.92 Å². The molecule has 8 heteroatoms. The summed E-state index contributed by atoms with van der Waals surface area (Å²) in [6.07, 6.45) is 0. The first-order valence-electron chi connectivity index (χ1n) is 7.81. The third-order valence-corrected chi connectivity index (χ3v) is 6.30. The number of benzene rings is 1. The van der Waals surface area contributed by atoms with Gasteiger partial charge in [0.15, 0.2) is 15.6 Å². The van der Waals surface area contributed by atoms with Crippen LogP contribution in [0.4, 0.5) is 0 Å². The maximum atomic E-state index is 12.3. The molecule has 1 aromatic rings. The van der Waals surface area contributed by atoms with E-state index in [2.05, 4.69) is 0 Å². The SMILES string of the molecule is CC(C)C(=S)N(C)CC(=O)CS(=O)(=O)CN(C)C(=S)c1ccccc1. The predicted molar refractivity (Wildman–Crippen MR) is 110 cm³/mol. The second kappa shape index (κ2) is 9.35. The van der Waals surface area contributed by atoms with Crippen LogP contribution in [0.25, 0.3) is 0 Å². The lowest BCUT2D eigenvalue weighted by Gasteiger charge is -2.22. The van der Waals surface area contributed by atoms with Gasteiger partial charge in [-0.25, -0.2) is 8.42 Å². The Labute approximate surface area is 160 Å². The fourth-order valence-corrected chi connectivity index (χ4v) is 4.01. The molecule has 138 valence electrons. The van der Waals surface area contributed by atoms with Crippen molar-refractivity contribution < 1.29 is 13.2 Å². The Hall–Kier alpha value is -1.38. The van der Waals surface area contributed by atoms with Crippen LogP contribution in [-0.4, -0.2) is 66.2 Å². The topological polar surface area (TPSA) is 57.7 Å². The van der Waals surface area contributed by atoms with E-state index >= 15 is 0 Å². The zero-order chi connectivity index (χ0) is 19.2. The van der Waals surface area contributed by atoms with Crippen LogP contribution < -0.4 is 0 Å². The number of carbonyl (C=O) groups is 1. The lowest BCUT2D eigenvalue weighted by molar-refractivity contribution is -0.116. The molecule has 0 radical (unpaired) electrons. The van der Waals surface area contributed by atoms with E-state index in [9.17, 15) is 13.2 Å². The molecule has 0 aromatic heterocycles. The van der Waals surface area contributed by atoms with Crippen LogP contribution in [0.15, 0.2) is 30.3 Å². The van der Waals surface area contributed by atoms with Gasteiger partial charge in [0.25, 0.3) is 0 Å². The highest BCUT2D eigenvalue weighted by molar-refractivity contribution is 7.92. The van der Waals surface area contributed by atoms with Crippen molar-refractivity contribution in [2.45, 2.75) is 13.8 Å². The molecule has 0 spiro atoms. The monoisotopic (exact) mass is 400 g/mol. The van der Waals surface area contributed by atoms with Gasteiger partial charge in [-0.05, 0) is 0 Å². The normalized spacial score (nSPS) is 11.2. The van der Waals surface area contributed by atoms with Gasteiger partial charge in [-0.15, -0.1) is 0 Å². The molecule has 0 aliphatic carbocycles. The molecule has 0 aliphatic rings. The molecule has 0 saturated heterocycles. The van der Waals surface area contributed by atoms with Crippen LogP contribution in [0.5, 0.6) is 0 Å². The van der Waals surface area contributed by atoms with Crippen LogP contribution in [0.2, 0.25) is 0 Å². The molecular weight excluding hydrogens is 376 g/mol. The highest BCUT2D eigenvalue weighted by Gasteiger charge is 2.22. The molecule has 0 bridgehead atoms. The smallest absolute Gasteiger partial charge is 0.175 e. The molecule has 0 atom stereocenters. The lowest BCUT2D eigenvalue weighted by atomic mass is 10.2. The summed E-state index contributed by atoms with van der Waals surface area (Å²) in [7, 11) is -0.299. The van der Waals surface area contributed by atoms with E-state index in [1.807, 2.05) is 44.2 Å². The summed E-state index contributed by atoms with van der Waals surface area (Å²) in [5.74, 6) is -1.09. The number of nitrogens with zero attached hydrogens (tertiary/aromatic N) is 2. The van der Waals surface area contributed by atoms with E-state index in [4.69, 9.17) is 24.4 Å². The molecule has 0 amide bonds. The van der Waals surface area contributed by atoms with E-state index < -0.39 is 15.6 Å².